The van der Waals surface area contributed by atoms with E-state index in [0.717, 1.165) is 51.6 Å². The Hall–Kier alpha value is -1.10. The van der Waals surface area contributed by atoms with Crippen molar-refractivity contribution in [3.05, 3.63) is 0 Å². The average Bonchev–Trinajstić information content (AvgIpc) is 2.72. The van der Waals surface area contributed by atoms with Crippen molar-refractivity contribution in [1.29, 1.82) is 0 Å². The van der Waals surface area contributed by atoms with E-state index >= 15 is 0 Å². The van der Waals surface area contributed by atoms with Gasteiger partial charge in [-0.3, -0.25) is 9.59 Å². The molecule has 4 rings (SSSR count). The van der Waals surface area contributed by atoms with E-state index in [2.05, 4.69) is 23.6 Å². The van der Waals surface area contributed by atoms with Gasteiger partial charge in [0, 0.05) is 25.2 Å². The third-order valence-electron chi connectivity index (χ3n) is 7.68. The van der Waals surface area contributed by atoms with Gasteiger partial charge in [-0.2, -0.15) is 0 Å². The molecule has 4 aliphatic rings. The molecule has 152 valence electrons. The summed E-state index contributed by atoms with van der Waals surface area (Å²) in [4.78, 5) is 33.1. The fourth-order valence-corrected chi connectivity index (χ4v) is 6.16. The minimum absolute atomic E-state index is 0.116. The molecule has 0 aromatic carbocycles. The minimum atomic E-state index is -0.372. The Morgan fingerprint density at radius 1 is 0.926 bits per heavy atom. The van der Waals surface area contributed by atoms with Gasteiger partial charge in [-0.05, 0) is 65.5 Å². The summed E-state index contributed by atoms with van der Waals surface area (Å²) >= 11 is 0. The summed E-state index contributed by atoms with van der Waals surface area (Å²) in [5, 5.41) is 0. The van der Waals surface area contributed by atoms with Gasteiger partial charge in [-0.15, -0.1) is 0 Å². The van der Waals surface area contributed by atoms with Crippen molar-refractivity contribution in [1.82, 2.24) is 14.7 Å². The van der Waals surface area contributed by atoms with Crippen LogP contribution in [0.2, 0.25) is 0 Å². The summed E-state index contributed by atoms with van der Waals surface area (Å²) < 4.78 is 0. The molecule has 0 N–H and O–H groups in total. The molecule has 1 aliphatic carbocycles. The molecule has 1 saturated carbocycles. The number of rotatable bonds is 3. The molecule has 3 heterocycles. The number of carbonyl (C=O) groups excluding carboxylic acids is 2. The highest BCUT2D eigenvalue weighted by Gasteiger charge is 2.64. The maximum atomic E-state index is 13.5. The van der Waals surface area contributed by atoms with E-state index in [1.54, 1.807) is 0 Å². The number of amides is 2. The highest BCUT2D eigenvalue weighted by molar-refractivity contribution is 6.02. The van der Waals surface area contributed by atoms with Crippen LogP contribution in [-0.4, -0.2) is 70.8 Å². The van der Waals surface area contributed by atoms with Crippen LogP contribution in [0.5, 0.6) is 0 Å². The normalized spacial score (nSPS) is 30.0. The number of hydrogen-bond acceptors (Lipinski definition) is 3. The molecule has 0 aromatic heterocycles. The van der Waals surface area contributed by atoms with Crippen LogP contribution in [0.3, 0.4) is 0 Å². The van der Waals surface area contributed by atoms with Crippen molar-refractivity contribution >= 4 is 11.8 Å². The third kappa shape index (κ3) is 3.30. The van der Waals surface area contributed by atoms with Gasteiger partial charge in [0.25, 0.3) is 0 Å². The Kier molecular flexibility index (Phi) is 5.50. The molecule has 5 nitrogen and oxygen atoms in total. The summed E-state index contributed by atoms with van der Waals surface area (Å²) in [5.41, 5.74) is -0.372. The summed E-state index contributed by atoms with van der Waals surface area (Å²) in [7, 11) is 0. The zero-order valence-electron chi connectivity index (χ0n) is 17.3. The number of piperidine rings is 2. The molecule has 0 aromatic rings. The lowest BCUT2D eigenvalue weighted by atomic mass is 9.61. The second kappa shape index (κ2) is 7.73. The van der Waals surface area contributed by atoms with Gasteiger partial charge in [-0.25, -0.2) is 0 Å². The molecular formula is C22H37N3O2. The fraction of sp³-hybridized carbons (Fsp3) is 0.909. The molecule has 1 unspecified atom stereocenters. The maximum Gasteiger partial charge on any atom is 0.246 e. The van der Waals surface area contributed by atoms with E-state index in [4.69, 9.17) is 0 Å². The number of carbonyl (C=O) groups is 2. The first kappa shape index (κ1) is 19.2. The van der Waals surface area contributed by atoms with Gasteiger partial charge >= 0.3 is 0 Å². The van der Waals surface area contributed by atoms with Crippen LogP contribution in [0.25, 0.3) is 0 Å². The van der Waals surface area contributed by atoms with Crippen molar-refractivity contribution < 1.29 is 9.59 Å². The van der Waals surface area contributed by atoms with Gasteiger partial charge in [0.1, 0.15) is 6.04 Å². The van der Waals surface area contributed by atoms with Crippen LogP contribution < -0.4 is 0 Å². The quantitative estimate of drug-likeness (QED) is 0.712. The predicted octanol–water partition coefficient (Wildman–Crippen LogP) is 3.03. The Balaban J connectivity index is 1.42. The molecule has 5 heteroatoms. The van der Waals surface area contributed by atoms with Crippen molar-refractivity contribution in [2.45, 2.75) is 96.2 Å². The van der Waals surface area contributed by atoms with Crippen LogP contribution in [0.15, 0.2) is 0 Å². The van der Waals surface area contributed by atoms with Crippen LogP contribution in [0, 0.1) is 5.41 Å². The molecule has 1 spiro atoms. The Labute approximate surface area is 164 Å². The lowest BCUT2D eigenvalue weighted by molar-refractivity contribution is -0.190. The van der Waals surface area contributed by atoms with E-state index in [1.807, 2.05) is 4.90 Å². The van der Waals surface area contributed by atoms with Gasteiger partial charge in [0.05, 0.1) is 5.41 Å². The second-order valence-electron chi connectivity index (χ2n) is 9.58. The summed E-state index contributed by atoms with van der Waals surface area (Å²) in [5.74, 6) is 0.487. The second-order valence-corrected chi connectivity index (χ2v) is 9.58. The molecule has 3 aliphatic heterocycles. The molecule has 2 amide bonds. The number of β-lactam (4-membered cyclic amide) rings is 1. The summed E-state index contributed by atoms with van der Waals surface area (Å²) in [6.45, 7) is 8.31. The molecular weight excluding hydrogens is 338 g/mol. The zero-order chi connectivity index (χ0) is 19.0. The highest BCUT2D eigenvalue weighted by Crippen LogP contribution is 2.51. The predicted molar refractivity (Wildman–Crippen MR) is 106 cm³/mol. The average molecular weight is 376 g/mol. The van der Waals surface area contributed by atoms with Crippen LogP contribution in [0.1, 0.15) is 78.1 Å². The van der Waals surface area contributed by atoms with Gasteiger partial charge in [-0.1, -0.05) is 25.7 Å². The first-order valence-electron chi connectivity index (χ1n) is 11.4. The lowest BCUT2D eigenvalue weighted by Crippen LogP contribution is -2.75. The molecule has 3 saturated heterocycles. The van der Waals surface area contributed by atoms with Crippen LogP contribution >= 0.6 is 0 Å². The Bertz CT molecular complexity index is 556. The monoisotopic (exact) mass is 375 g/mol. The molecule has 0 radical (unpaired) electrons. The van der Waals surface area contributed by atoms with E-state index < -0.39 is 0 Å². The Morgan fingerprint density at radius 2 is 1.52 bits per heavy atom. The standard InChI is InChI=1S/C22H37N3O2/c1-17(2)25-19(22(21(25)27)11-5-3-6-12-22)20(26)24-15-9-18(10-16-24)23-13-7-4-8-14-23/h17-19H,3-16H2,1-2H3. The Morgan fingerprint density at radius 3 is 2.11 bits per heavy atom. The maximum absolute atomic E-state index is 13.5. The van der Waals surface area contributed by atoms with Crippen LogP contribution in [-0.2, 0) is 9.59 Å². The van der Waals surface area contributed by atoms with Gasteiger partial charge in [0.15, 0.2) is 0 Å². The number of likely N-dealkylation sites (tertiary alicyclic amines) is 3. The van der Waals surface area contributed by atoms with Crippen molar-refractivity contribution in [3.63, 3.8) is 0 Å². The molecule has 27 heavy (non-hydrogen) atoms. The fourth-order valence-electron chi connectivity index (χ4n) is 6.16. The van der Waals surface area contributed by atoms with Gasteiger partial charge in [0.2, 0.25) is 11.8 Å². The van der Waals surface area contributed by atoms with Crippen LogP contribution in [0.4, 0.5) is 0 Å². The van der Waals surface area contributed by atoms with E-state index in [-0.39, 0.29) is 29.3 Å². The lowest BCUT2D eigenvalue weighted by Gasteiger charge is -2.59. The number of hydrogen-bond donors (Lipinski definition) is 0. The van der Waals surface area contributed by atoms with Gasteiger partial charge < -0.3 is 14.7 Å². The topological polar surface area (TPSA) is 43.9 Å². The molecule has 4 fully saturated rings. The number of nitrogens with zero attached hydrogens (tertiary/aromatic N) is 3. The smallest absolute Gasteiger partial charge is 0.246 e. The summed E-state index contributed by atoms with van der Waals surface area (Å²) in [6, 6.07) is 0.573. The van der Waals surface area contributed by atoms with E-state index in [9.17, 15) is 9.59 Å². The van der Waals surface area contributed by atoms with E-state index in [1.165, 1.54) is 38.8 Å². The first-order valence-corrected chi connectivity index (χ1v) is 11.4. The highest BCUT2D eigenvalue weighted by atomic mass is 16.2. The largest absolute Gasteiger partial charge is 0.341 e. The first-order chi connectivity index (χ1) is 13.0. The third-order valence-corrected chi connectivity index (χ3v) is 7.68. The van der Waals surface area contributed by atoms with E-state index in [0.29, 0.717) is 6.04 Å². The molecule has 1 atom stereocenters. The zero-order valence-corrected chi connectivity index (χ0v) is 17.3. The SMILES string of the molecule is CC(C)N1C(=O)C2(CCCCC2)C1C(=O)N1CCC(N2CCCCC2)CC1. The van der Waals surface area contributed by atoms with Crippen molar-refractivity contribution in [3.8, 4) is 0 Å². The van der Waals surface area contributed by atoms with Crippen molar-refractivity contribution in [2.24, 2.45) is 5.41 Å². The van der Waals surface area contributed by atoms with Crippen molar-refractivity contribution in [2.75, 3.05) is 26.2 Å². The summed E-state index contributed by atoms with van der Waals surface area (Å²) in [6.07, 6.45) is 11.4. The minimum Gasteiger partial charge on any atom is -0.341 e. The molecule has 0 bridgehead atoms.